The van der Waals surface area contributed by atoms with Crippen LogP contribution in [0.2, 0.25) is 5.02 Å². The normalized spacial score (nSPS) is 11.2. The Morgan fingerprint density at radius 2 is 2.11 bits per heavy atom. The summed E-state index contributed by atoms with van der Waals surface area (Å²) in [6, 6.07) is 3.89. The Kier molecular flexibility index (Phi) is 4.88. The van der Waals surface area contributed by atoms with Gasteiger partial charge in [0.1, 0.15) is 0 Å². The monoisotopic (exact) mass is 294 g/mol. The minimum Gasteiger partial charge on any atom is -0.487 e. The predicted octanol–water partition coefficient (Wildman–Crippen LogP) is 1.31. The highest BCUT2D eigenvalue weighted by Crippen LogP contribution is 2.29. The van der Waals surface area contributed by atoms with Crippen molar-refractivity contribution < 1.29 is 18.1 Å². The summed E-state index contributed by atoms with van der Waals surface area (Å²) in [6.07, 6.45) is 0.141. The highest BCUT2D eigenvalue weighted by atomic mass is 35.5. The van der Waals surface area contributed by atoms with Gasteiger partial charge >= 0.3 is 5.69 Å². The Morgan fingerprint density at radius 3 is 2.67 bits per heavy atom. The number of benzene rings is 1. The molecule has 0 aromatic heterocycles. The van der Waals surface area contributed by atoms with Gasteiger partial charge in [-0.3, -0.25) is 10.1 Å². The summed E-state index contributed by atoms with van der Waals surface area (Å²) in [4.78, 5) is 10.1. The lowest BCUT2D eigenvalue weighted by Crippen LogP contribution is -2.18. The molecule has 0 unspecified atom stereocenters. The van der Waals surface area contributed by atoms with Crippen molar-refractivity contribution in [3.63, 3.8) is 0 Å². The molecule has 0 fully saturated rings. The second-order valence-electron chi connectivity index (χ2n) is 3.44. The number of nitro benzene ring substituents is 1. The van der Waals surface area contributed by atoms with Crippen LogP contribution in [0, 0.1) is 10.1 Å². The first-order chi connectivity index (χ1) is 8.29. The second kappa shape index (κ2) is 5.98. The van der Waals surface area contributed by atoms with Gasteiger partial charge in [-0.1, -0.05) is 11.6 Å². The molecule has 0 aliphatic rings. The molecule has 100 valence electrons. The molecule has 0 saturated carbocycles. The fourth-order valence-corrected chi connectivity index (χ4v) is 1.88. The van der Waals surface area contributed by atoms with Gasteiger partial charge < -0.3 is 4.74 Å². The van der Waals surface area contributed by atoms with E-state index in [-0.39, 0.29) is 30.2 Å². The predicted molar refractivity (Wildman–Crippen MR) is 66.2 cm³/mol. The molecule has 0 aliphatic carbocycles. The number of primary sulfonamides is 1. The van der Waals surface area contributed by atoms with Gasteiger partial charge in [-0.2, -0.15) is 0 Å². The van der Waals surface area contributed by atoms with E-state index in [0.29, 0.717) is 5.02 Å². The molecule has 0 amide bonds. The summed E-state index contributed by atoms with van der Waals surface area (Å²) in [5.41, 5.74) is -0.227. The zero-order chi connectivity index (χ0) is 13.8. The first kappa shape index (κ1) is 14.7. The van der Waals surface area contributed by atoms with E-state index in [2.05, 4.69) is 0 Å². The first-order valence-electron chi connectivity index (χ1n) is 4.87. The average molecular weight is 295 g/mol. The van der Waals surface area contributed by atoms with Gasteiger partial charge in [0.25, 0.3) is 0 Å². The van der Waals surface area contributed by atoms with E-state index >= 15 is 0 Å². The van der Waals surface area contributed by atoms with Crippen LogP contribution in [-0.2, 0) is 10.0 Å². The second-order valence-corrected chi connectivity index (χ2v) is 5.61. The molecule has 0 bridgehead atoms. The molecule has 18 heavy (non-hydrogen) atoms. The van der Waals surface area contributed by atoms with Crippen LogP contribution in [0.25, 0.3) is 0 Å². The number of ether oxygens (including phenoxy) is 1. The van der Waals surface area contributed by atoms with Crippen LogP contribution in [0.4, 0.5) is 5.69 Å². The minimum atomic E-state index is -3.55. The van der Waals surface area contributed by atoms with E-state index in [4.69, 9.17) is 21.5 Å². The maximum atomic E-state index is 10.7. The number of halogens is 1. The lowest BCUT2D eigenvalue weighted by Gasteiger charge is -2.06. The Morgan fingerprint density at radius 1 is 1.44 bits per heavy atom. The van der Waals surface area contributed by atoms with Gasteiger partial charge in [0.05, 0.1) is 17.3 Å². The Bertz CT molecular complexity index is 546. The summed E-state index contributed by atoms with van der Waals surface area (Å²) in [5.74, 6) is -0.247. The molecule has 0 atom stereocenters. The topological polar surface area (TPSA) is 113 Å². The summed E-state index contributed by atoms with van der Waals surface area (Å²) in [5, 5.41) is 15.8. The summed E-state index contributed by atoms with van der Waals surface area (Å²) in [6.45, 7) is -0.00237. The number of rotatable bonds is 6. The van der Waals surface area contributed by atoms with Crippen molar-refractivity contribution in [1.29, 1.82) is 0 Å². The lowest BCUT2D eigenvalue weighted by atomic mass is 10.3. The molecule has 0 radical (unpaired) electrons. The number of nitro groups is 1. The van der Waals surface area contributed by atoms with E-state index in [0.717, 1.165) is 0 Å². The Labute approximate surface area is 109 Å². The highest BCUT2D eigenvalue weighted by molar-refractivity contribution is 7.89. The van der Waals surface area contributed by atoms with Crippen LogP contribution < -0.4 is 9.88 Å². The molecule has 0 spiro atoms. The summed E-state index contributed by atoms with van der Waals surface area (Å²) >= 11 is 5.69. The van der Waals surface area contributed by atoms with E-state index in [1.54, 1.807) is 0 Å². The Balaban J connectivity index is 2.66. The zero-order valence-corrected chi connectivity index (χ0v) is 10.8. The van der Waals surface area contributed by atoms with Crippen molar-refractivity contribution in [3.05, 3.63) is 33.3 Å². The van der Waals surface area contributed by atoms with Gasteiger partial charge in [-0.05, 0) is 12.5 Å². The third kappa shape index (κ3) is 4.86. The van der Waals surface area contributed by atoms with Crippen molar-refractivity contribution in [2.24, 2.45) is 5.14 Å². The summed E-state index contributed by atoms with van der Waals surface area (Å²) < 4.78 is 26.5. The average Bonchev–Trinajstić information content (AvgIpc) is 2.22. The molecular formula is C9H11ClN2O5S. The van der Waals surface area contributed by atoms with Crippen LogP contribution in [0.5, 0.6) is 5.75 Å². The molecule has 0 saturated heterocycles. The zero-order valence-electron chi connectivity index (χ0n) is 9.21. The third-order valence-corrected chi connectivity index (χ3v) is 3.04. The van der Waals surface area contributed by atoms with E-state index in [9.17, 15) is 18.5 Å². The molecule has 1 rings (SSSR count). The SMILES string of the molecule is NS(=O)(=O)CCCOc1cc(Cl)ccc1[N+](=O)[O-]. The standard InChI is InChI=1S/C9H11ClN2O5S/c10-7-2-3-8(12(13)14)9(6-7)17-4-1-5-18(11,15)16/h2-3,6H,1,4-5H2,(H2,11,15,16). The van der Waals surface area contributed by atoms with Crippen molar-refractivity contribution >= 4 is 27.3 Å². The summed E-state index contributed by atoms with van der Waals surface area (Å²) in [7, 11) is -3.55. The van der Waals surface area contributed by atoms with Crippen LogP contribution in [0.15, 0.2) is 18.2 Å². The van der Waals surface area contributed by atoms with E-state index in [1.807, 2.05) is 0 Å². The van der Waals surface area contributed by atoms with Gasteiger partial charge in [-0.25, -0.2) is 13.6 Å². The van der Waals surface area contributed by atoms with Crippen LogP contribution in [-0.4, -0.2) is 25.7 Å². The third-order valence-electron chi connectivity index (χ3n) is 1.95. The van der Waals surface area contributed by atoms with Gasteiger partial charge in [0, 0.05) is 17.2 Å². The van der Waals surface area contributed by atoms with Crippen LogP contribution in [0.1, 0.15) is 6.42 Å². The maximum absolute atomic E-state index is 10.7. The maximum Gasteiger partial charge on any atom is 0.311 e. The molecule has 2 N–H and O–H groups in total. The molecule has 0 aliphatic heterocycles. The van der Waals surface area contributed by atoms with E-state index in [1.165, 1.54) is 18.2 Å². The molecular weight excluding hydrogens is 284 g/mol. The Hall–Kier alpha value is -1.38. The number of hydrogen-bond donors (Lipinski definition) is 1. The van der Waals surface area contributed by atoms with Crippen molar-refractivity contribution in [2.45, 2.75) is 6.42 Å². The largest absolute Gasteiger partial charge is 0.487 e. The fraction of sp³-hybridized carbons (Fsp3) is 0.333. The first-order valence-corrected chi connectivity index (χ1v) is 6.96. The molecule has 9 heteroatoms. The van der Waals surface area contributed by atoms with Crippen LogP contribution >= 0.6 is 11.6 Å². The molecule has 1 aromatic carbocycles. The smallest absolute Gasteiger partial charge is 0.311 e. The number of hydrogen-bond acceptors (Lipinski definition) is 5. The minimum absolute atomic E-state index is 0.00178. The fourth-order valence-electron chi connectivity index (χ4n) is 1.20. The van der Waals surface area contributed by atoms with Gasteiger partial charge in [-0.15, -0.1) is 0 Å². The lowest BCUT2D eigenvalue weighted by molar-refractivity contribution is -0.385. The van der Waals surface area contributed by atoms with Crippen molar-refractivity contribution in [3.8, 4) is 5.75 Å². The highest BCUT2D eigenvalue weighted by Gasteiger charge is 2.15. The quantitative estimate of drug-likeness (QED) is 0.483. The number of sulfonamides is 1. The molecule has 7 nitrogen and oxygen atoms in total. The van der Waals surface area contributed by atoms with Crippen LogP contribution in [0.3, 0.4) is 0 Å². The van der Waals surface area contributed by atoms with E-state index < -0.39 is 14.9 Å². The van der Waals surface area contributed by atoms with Crippen molar-refractivity contribution in [2.75, 3.05) is 12.4 Å². The molecule has 0 heterocycles. The number of nitrogens with two attached hydrogens (primary N) is 1. The number of nitrogens with zero attached hydrogens (tertiary/aromatic N) is 1. The van der Waals surface area contributed by atoms with Gasteiger partial charge in [0.2, 0.25) is 10.0 Å². The van der Waals surface area contributed by atoms with Gasteiger partial charge in [0.15, 0.2) is 5.75 Å². The van der Waals surface area contributed by atoms with Crippen molar-refractivity contribution in [1.82, 2.24) is 0 Å². The molecule has 1 aromatic rings.